The molecule has 82 valence electrons. The van der Waals surface area contributed by atoms with Crippen molar-refractivity contribution >= 4 is 11.4 Å². The lowest BCUT2D eigenvalue weighted by Crippen LogP contribution is -2.28. The first kappa shape index (κ1) is 10.3. The topological polar surface area (TPSA) is 15.3 Å². The van der Waals surface area contributed by atoms with Gasteiger partial charge < -0.3 is 10.2 Å². The van der Waals surface area contributed by atoms with Gasteiger partial charge >= 0.3 is 0 Å². The van der Waals surface area contributed by atoms with Crippen LogP contribution in [0.25, 0.3) is 0 Å². The normalized spacial score (nSPS) is 20.5. The molecule has 1 heterocycles. The van der Waals surface area contributed by atoms with Crippen molar-refractivity contribution in [1.82, 2.24) is 0 Å². The maximum Gasteiger partial charge on any atom is 0.0602 e. The standard InChI is InChI=1S/C13H20N2/c1-4-11-5-6-13-12(9-11)14-8-7-10(2)15(13)3/h5-6,9-10,14H,4,7-8H2,1-3H3. The monoisotopic (exact) mass is 204 g/mol. The van der Waals surface area contributed by atoms with E-state index in [0.29, 0.717) is 6.04 Å². The van der Waals surface area contributed by atoms with E-state index in [1.807, 2.05) is 0 Å². The molecule has 0 bridgehead atoms. The molecule has 1 atom stereocenters. The fourth-order valence-electron chi connectivity index (χ4n) is 2.10. The van der Waals surface area contributed by atoms with Gasteiger partial charge in [-0.25, -0.2) is 0 Å². The molecular weight excluding hydrogens is 184 g/mol. The number of nitrogens with zero attached hydrogens (tertiary/aromatic N) is 1. The zero-order valence-corrected chi connectivity index (χ0v) is 9.88. The molecule has 0 fully saturated rings. The van der Waals surface area contributed by atoms with Crippen LogP contribution in [0.1, 0.15) is 25.8 Å². The second kappa shape index (κ2) is 4.13. The summed E-state index contributed by atoms with van der Waals surface area (Å²) in [5.74, 6) is 0. The number of aryl methyl sites for hydroxylation is 1. The summed E-state index contributed by atoms with van der Waals surface area (Å²) >= 11 is 0. The first-order chi connectivity index (χ1) is 7.22. The van der Waals surface area contributed by atoms with Crippen LogP contribution in [-0.4, -0.2) is 19.6 Å². The lowest BCUT2D eigenvalue weighted by Gasteiger charge is -2.25. The van der Waals surface area contributed by atoms with E-state index in [4.69, 9.17) is 0 Å². The Morgan fingerprint density at radius 3 is 3.00 bits per heavy atom. The number of fused-ring (bicyclic) bond motifs is 1. The Hall–Kier alpha value is -1.18. The summed E-state index contributed by atoms with van der Waals surface area (Å²) in [5.41, 5.74) is 4.03. The van der Waals surface area contributed by atoms with Crippen LogP contribution >= 0.6 is 0 Å². The van der Waals surface area contributed by atoms with Crippen LogP contribution in [0, 0.1) is 0 Å². The van der Waals surface area contributed by atoms with E-state index in [0.717, 1.165) is 13.0 Å². The van der Waals surface area contributed by atoms with Crippen LogP contribution in [0.5, 0.6) is 0 Å². The van der Waals surface area contributed by atoms with E-state index in [9.17, 15) is 0 Å². The molecule has 0 radical (unpaired) electrons. The molecule has 0 aromatic heterocycles. The first-order valence-electron chi connectivity index (χ1n) is 5.82. The van der Waals surface area contributed by atoms with E-state index in [2.05, 4.69) is 49.3 Å². The molecule has 1 unspecified atom stereocenters. The molecule has 2 rings (SSSR count). The number of nitrogens with one attached hydrogen (secondary N) is 1. The summed E-state index contributed by atoms with van der Waals surface area (Å²) < 4.78 is 0. The molecule has 0 saturated carbocycles. The molecular formula is C13H20N2. The van der Waals surface area contributed by atoms with Gasteiger partial charge in [0, 0.05) is 19.6 Å². The molecule has 0 amide bonds. The predicted octanol–water partition coefficient (Wildman–Crippen LogP) is 2.89. The molecule has 0 spiro atoms. The van der Waals surface area contributed by atoms with Gasteiger partial charge in [0.15, 0.2) is 0 Å². The van der Waals surface area contributed by atoms with Gasteiger partial charge in [0.05, 0.1) is 11.4 Å². The number of rotatable bonds is 1. The van der Waals surface area contributed by atoms with Gasteiger partial charge in [-0.3, -0.25) is 0 Å². The molecule has 2 nitrogen and oxygen atoms in total. The van der Waals surface area contributed by atoms with Crippen molar-refractivity contribution < 1.29 is 0 Å². The van der Waals surface area contributed by atoms with E-state index < -0.39 is 0 Å². The van der Waals surface area contributed by atoms with Crippen molar-refractivity contribution in [2.75, 3.05) is 23.8 Å². The van der Waals surface area contributed by atoms with Crippen LogP contribution < -0.4 is 10.2 Å². The van der Waals surface area contributed by atoms with Crippen LogP contribution in [0.3, 0.4) is 0 Å². The summed E-state index contributed by atoms with van der Waals surface area (Å²) in [5, 5.41) is 3.52. The van der Waals surface area contributed by atoms with Crippen molar-refractivity contribution in [3.8, 4) is 0 Å². The van der Waals surface area contributed by atoms with Gasteiger partial charge in [0.25, 0.3) is 0 Å². The Morgan fingerprint density at radius 1 is 1.47 bits per heavy atom. The fraction of sp³-hybridized carbons (Fsp3) is 0.538. The van der Waals surface area contributed by atoms with E-state index in [1.165, 1.54) is 23.4 Å². The summed E-state index contributed by atoms with van der Waals surface area (Å²) in [7, 11) is 2.18. The average Bonchev–Trinajstić information content (AvgIpc) is 2.40. The second-order valence-corrected chi connectivity index (χ2v) is 4.38. The van der Waals surface area contributed by atoms with Crippen LogP contribution in [0.2, 0.25) is 0 Å². The highest BCUT2D eigenvalue weighted by molar-refractivity contribution is 5.71. The van der Waals surface area contributed by atoms with Gasteiger partial charge in [-0.1, -0.05) is 13.0 Å². The third kappa shape index (κ3) is 1.94. The largest absolute Gasteiger partial charge is 0.383 e. The van der Waals surface area contributed by atoms with Gasteiger partial charge in [-0.05, 0) is 37.5 Å². The highest BCUT2D eigenvalue weighted by Crippen LogP contribution is 2.30. The number of benzene rings is 1. The third-order valence-electron chi connectivity index (χ3n) is 3.39. The van der Waals surface area contributed by atoms with Crippen LogP contribution in [0.4, 0.5) is 11.4 Å². The molecule has 15 heavy (non-hydrogen) atoms. The Morgan fingerprint density at radius 2 is 2.27 bits per heavy atom. The van der Waals surface area contributed by atoms with Gasteiger partial charge in [-0.15, -0.1) is 0 Å². The van der Waals surface area contributed by atoms with Crippen molar-refractivity contribution in [3.05, 3.63) is 23.8 Å². The quantitative estimate of drug-likeness (QED) is 0.756. The van der Waals surface area contributed by atoms with Crippen molar-refractivity contribution in [1.29, 1.82) is 0 Å². The zero-order chi connectivity index (χ0) is 10.8. The van der Waals surface area contributed by atoms with E-state index >= 15 is 0 Å². The predicted molar refractivity (Wildman–Crippen MR) is 66.8 cm³/mol. The smallest absolute Gasteiger partial charge is 0.0602 e. The van der Waals surface area contributed by atoms with Crippen molar-refractivity contribution in [3.63, 3.8) is 0 Å². The summed E-state index contributed by atoms with van der Waals surface area (Å²) in [6.07, 6.45) is 2.31. The first-order valence-corrected chi connectivity index (χ1v) is 5.82. The Bertz CT molecular complexity index is 346. The summed E-state index contributed by atoms with van der Waals surface area (Å²) in [4.78, 5) is 2.37. The van der Waals surface area contributed by atoms with Crippen molar-refractivity contribution in [2.24, 2.45) is 0 Å². The number of hydrogen-bond donors (Lipinski definition) is 1. The Kier molecular flexibility index (Phi) is 2.85. The van der Waals surface area contributed by atoms with Crippen LogP contribution in [0.15, 0.2) is 18.2 Å². The third-order valence-corrected chi connectivity index (χ3v) is 3.39. The molecule has 1 aromatic carbocycles. The maximum absolute atomic E-state index is 3.52. The average molecular weight is 204 g/mol. The SMILES string of the molecule is CCc1ccc2c(c1)NCCC(C)N2C. The minimum atomic E-state index is 0.617. The molecule has 0 aliphatic carbocycles. The zero-order valence-electron chi connectivity index (χ0n) is 9.88. The Balaban J connectivity index is 2.39. The fourth-order valence-corrected chi connectivity index (χ4v) is 2.10. The summed E-state index contributed by atoms with van der Waals surface area (Å²) in [6.45, 7) is 5.56. The second-order valence-electron chi connectivity index (χ2n) is 4.38. The van der Waals surface area contributed by atoms with Gasteiger partial charge in [-0.2, -0.15) is 0 Å². The minimum absolute atomic E-state index is 0.617. The van der Waals surface area contributed by atoms with E-state index in [1.54, 1.807) is 0 Å². The molecule has 0 saturated heterocycles. The summed E-state index contributed by atoms with van der Waals surface area (Å²) in [6, 6.07) is 7.37. The molecule has 1 aliphatic rings. The minimum Gasteiger partial charge on any atom is -0.383 e. The lowest BCUT2D eigenvalue weighted by molar-refractivity contribution is 0.657. The van der Waals surface area contributed by atoms with Gasteiger partial charge in [0.1, 0.15) is 0 Å². The maximum atomic E-state index is 3.52. The Labute approximate surface area is 92.3 Å². The number of anilines is 2. The van der Waals surface area contributed by atoms with Crippen molar-refractivity contribution in [2.45, 2.75) is 32.7 Å². The molecule has 1 N–H and O–H groups in total. The highest BCUT2D eigenvalue weighted by atomic mass is 15.2. The molecule has 1 aliphatic heterocycles. The molecule has 1 aromatic rings. The molecule has 2 heteroatoms. The highest BCUT2D eigenvalue weighted by Gasteiger charge is 2.17. The lowest BCUT2D eigenvalue weighted by atomic mass is 10.1. The van der Waals surface area contributed by atoms with Gasteiger partial charge in [0.2, 0.25) is 0 Å². The van der Waals surface area contributed by atoms with E-state index in [-0.39, 0.29) is 0 Å². The van der Waals surface area contributed by atoms with Crippen LogP contribution in [-0.2, 0) is 6.42 Å². The number of hydrogen-bond acceptors (Lipinski definition) is 2.